The summed E-state index contributed by atoms with van der Waals surface area (Å²) < 4.78 is 5.25. The van der Waals surface area contributed by atoms with Gasteiger partial charge in [0.2, 0.25) is 5.91 Å². The molecule has 0 spiro atoms. The number of nitrogens with one attached hydrogen (secondary N) is 1. The molecule has 0 bridgehead atoms. The van der Waals surface area contributed by atoms with Crippen molar-refractivity contribution in [3.05, 3.63) is 34.9 Å². The quantitative estimate of drug-likeness (QED) is 0.866. The van der Waals surface area contributed by atoms with Crippen LogP contribution >= 0.6 is 0 Å². The monoisotopic (exact) mass is 360 g/mol. The maximum Gasteiger partial charge on any atom is 0.407 e. The third-order valence-electron chi connectivity index (χ3n) is 5.11. The summed E-state index contributed by atoms with van der Waals surface area (Å²) in [6, 6.07) is 6.53. The minimum Gasteiger partial charge on any atom is -0.444 e. The normalized spacial score (nSPS) is 18.8. The Morgan fingerprint density at radius 1 is 1.35 bits per heavy atom. The van der Waals surface area contributed by atoms with Gasteiger partial charge in [0.15, 0.2) is 0 Å². The molecule has 1 aliphatic rings. The molecule has 1 saturated heterocycles. The Balaban J connectivity index is 2.00. The van der Waals surface area contributed by atoms with E-state index in [0.29, 0.717) is 19.5 Å². The van der Waals surface area contributed by atoms with Crippen LogP contribution in [0.25, 0.3) is 0 Å². The van der Waals surface area contributed by atoms with E-state index >= 15 is 0 Å². The van der Waals surface area contributed by atoms with Gasteiger partial charge in [0.05, 0.1) is 0 Å². The van der Waals surface area contributed by atoms with Crippen molar-refractivity contribution in [2.75, 3.05) is 13.1 Å². The van der Waals surface area contributed by atoms with Crippen LogP contribution in [0.2, 0.25) is 0 Å². The zero-order valence-corrected chi connectivity index (χ0v) is 16.9. The van der Waals surface area contributed by atoms with Crippen LogP contribution in [0, 0.1) is 13.8 Å². The number of hydrogen-bond donors (Lipinski definition) is 1. The van der Waals surface area contributed by atoms with E-state index in [1.807, 2.05) is 25.7 Å². The highest BCUT2D eigenvalue weighted by Gasteiger charge is 2.35. The number of hydrogen-bond acceptors (Lipinski definition) is 3. The van der Waals surface area contributed by atoms with Crippen molar-refractivity contribution in [1.29, 1.82) is 0 Å². The molecule has 5 nitrogen and oxygen atoms in total. The average molecular weight is 360 g/mol. The summed E-state index contributed by atoms with van der Waals surface area (Å²) in [5.74, 6) is 0.432. The highest BCUT2D eigenvalue weighted by atomic mass is 16.6. The fourth-order valence-corrected chi connectivity index (χ4v) is 3.63. The number of benzene rings is 1. The Bertz CT molecular complexity index is 664. The first-order chi connectivity index (χ1) is 12.1. The molecule has 0 unspecified atom stereocenters. The number of carbonyl (C=O) groups is 2. The summed E-state index contributed by atoms with van der Waals surface area (Å²) in [6.45, 7) is 12.9. The van der Waals surface area contributed by atoms with E-state index < -0.39 is 11.7 Å². The molecule has 1 N–H and O–H groups in total. The standard InChI is InChI=1S/C21H32N2O3/c1-14-8-7-9-17(15(14)2)16(3)18-10-11-19(24)23(18)13-12-22-20(25)26-21(4,5)6/h7-9,16,18H,10-13H2,1-6H3,(H,22,25)/t16-,18+/m1/s1. The van der Waals surface area contributed by atoms with Crippen molar-refractivity contribution >= 4 is 12.0 Å². The number of amides is 2. The summed E-state index contributed by atoms with van der Waals surface area (Å²) in [5.41, 5.74) is 3.35. The van der Waals surface area contributed by atoms with Crippen LogP contribution in [0.15, 0.2) is 18.2 Å². The van der Waals surface area contributed by atoms with Crippen LogP contribution in [-0.4, -0.2) is 41.6 Å². The predicted molar refractivity (Wildman–Crippen MR) is 103 cm³/mol. The molecular formula is C21H32N2O3. The number of likely N-dealkylation sites (tertiary alicyclic amines) is 1. The van der Waals surface area contributed by atoms with Crippen molar-refractivity contribution in [3.63, 3.8) is 0 Å². The number of alkyl carbamates (subject to hydrolysis) is 1. The summed E-state index contributed by atoms with van der Waals surface area (Å²) in [7, 11) is 0. The lowest BCUT2D eigenvalue weighted by atomic mass is 9.87. The lowest BCUT2D eigenvalue weighted by molar-refractivity contribution is -0.129. The highest BCUT2D eigenvalue weighted by molar-refractivity contribution is 5.79. The molecule has 0 aromatic heterocycles. The van der Waals surface area contributed by atoms with Crippen LogP contribution in [0.1, 0.15) is 63.1 Å². The molecule has 1 fully saturated rings. The molecule has 1 aromatic rings. The van der Waals surface area contributed by atoms with Crippen LogP contribution in [0.3, 0.4) is 0 Å². The van der Waals surface area contributed by atoms with Crippen LogP contribution < -0.4 is 5.32 Å². The molecule has 0 saturated carbocycles. The number of carbonyl (C=O) groups excluding carboxylic acids is 2. The highest BCUT2D eigenvalue weighted by Crippen LogP contribution is 2.33. The molecule has 0 radical (unpaired) electrons. The van der Waals surface area contributed by atoms with E-state index in [9.17, 15) is 9.59 Å². The van der Waals surface area contributed by atoms with E-state index in [1.165, 1.54) is 16.7 Å². The molecule has 2 atom stereocenters. The van der Waals surface area contributed by atoms with E-state index in [0.717, 1.165) is 6.42 Å². The van der Waals surface area contributed by atoms with Gasteiger partial charge in [-0.05, 0) is 57.7 Å². The fraction of sp³-hybridized carbons (Fsp3) is 0.619. The van der Waals surface area contributed by atoms with Gasteiger partial charge in [-0.1, -0.05) is 25.1 Å². The van der Waals surface area contributed by atoms with E-state index in [-0.39, 0.29) is 17.9 Å². The van der Waals surface area contributed by atoms with Crippen molar-refractivity contribution in [2.24, 2.45) is 0 Å². The third-order valence-corrected chi connectivity index (χ3v) is 5.11. The zero-order valence-electron chi connectivity index (χ0n) is 16.9. The van der Waals surface area contributed by atoms with Gasteiger partial charge in [-0.15, -0.1) is 0 Å². The lowest BCUT2D eigenvalue weighted by Crippen LogP contribution is -2.42. The topological polar surface area (TPSA) is 58.6 Å². The Kier molecular flexibility index (Phi) is 6.32. The first-order valence-electron chi connectivity index (χ1n) is 9.42. The Labute approximate surface area is 157 Å². The minimum atomic E-state index is -0.521. The Morgan fingerprint density at radius 2 is 2.04 bits per heavy atom. The Hall–Kier alpha value is -2.04. The van der Waals surface area contributed by atoms with Crippen molar-refractivity contribution in [1.82, 2.24) is 10.2 Å². The summed E-state index contributed by atoms with van der Waals surface area (Å²) in [5, 5.41) is 2.75. The maximum absolute atomic E-state index is 12.4. The summed E-state index contributed by atoms with van der Waals surface area (Å²) in [4.78, 5) is 26.1. The molecule has 0 aliphatic carbocycles. The summed E-state index contributed by atoms with van der Waals surface area (Å²) in [6.07, 6.45) is 0.995. The second kappa shape index (κ2) is 8.11. The molecular weight excluding hydrogens is 328 g/mol. The lowest BCUT2D eigenvalue weighted by Gasteiger charge is -2.31. The van der Waals surface area contributed by atoms with Crippen LogP contribution in [-0.2, 0) is 9.53 Å². The molecule has 2 rings (SSSR count). The van der Waals surface area contributed by atoms with Gasteiger partial charge < -0.3 is 15.0 Å². The average Bonchev–Trinajstić information content (AvgIpc) is 2.89. The number of nitrogens with zero attached hydrogens (tertiary/aromatic N) is 1. The SMILES string of the molecule is Cc1cccc([C@@H](C)[C@@H]2CCC(=O)N2CCNC(=O)OC(C)(C)C)c1C. The number of aryl methyl sites for hydroxylation is 1. The molecule has 1 heterocycles. The van der Waals surface area contributed by atoms with Gasteiger partial charge in [0.25, 0.3) is 0 Å². The van der Waals surface area contributed by atoms with Gasteiger partial charge in [-0.3, -0.25) is 4.79 Å². The first-order valence-corrected chi connectivity index (χ1v) is 9.42. The largest absolute Gasteiger partial charge is 0.444 e. The van der Waals surface area contributed by atoms with E-state index in [2.05, 4.69) is 44.3 Å². The summed E-state index contributed by atoms with van der Waals surface area (Å²) >= 11 is 0. The van der Waals surface area contributed by atoms with Gasteiger partial charge >= 0.3 is 6.09 Å². The first kappa shape index (κ1) is 20.3. The molecule has 26 heavy (non-hydrogen) atoms. The minimum absolute atomic E-state index is 0.165. The number of ether oxygens (including phenoxy) is 1. The third kappa shape index (κ3) is 4.99. The maximum atomic E-state index is 12.4. The smallest absolute Gasteiger partial charge is 0.407 e. The molecule has 5 heteroatoms. The van der Waals surface area contributed by atoms with Gasteiger partial charge in [-0.2, -0.15) is 0 Å². The number of rotatable bonds is 5. The van der Waals surface area contributed by atoms with Gasteiger partial charge in [0.1, 0.15) is 5.60 Å². The second-order valence-corrected chi connectivity index (χ2v) is 8.20. The molecule has 144 valence electrons. The molecule has 1 aromatic carbocycles. The van der Waals surface area contributed by atoms with Gasteiger partial charge in [0, 0.05) is 31.5 Å². The van der Waals surface area contributed by atoms with E-state index in [1.54, 1.807) is 0 Å². The zero-order chi connectivity index (χ0) is 19.5. The van der Waals surface area contributed by atoms with E-state index in [4.69, 9.17) is 4.74 Å². The van der Waals surface area contributed by atoms with Crippen molar-refractivity contribution < 1.29 is 14.3 Å². The predicted octanol–water partition coefficient (Wildman–Crippen LogP) is 3.92. The Morgan fingerprint density at radius 3 is 2.69 bits per heavy atom. The van der Waals surface area contributed by atoms with Crippen LogP contribution in [0.4, 0.5) is 4.79 Å². The fourth-order valence-electron chi connectivity index (χ4n) is 3.63. The van der Waals surface area contributed by atoms with Gasteiger partial charge in [-0.25, -0.2) is 4.79 Å². The molecule has 1 aliphatic heterocycles. The van der Waals surface area contributed by atoms with Crippen molar-refractivity contribution in [2.45, 2.75) is 71.9 Å². The second-order valence-electron chi connectivity index (χ2n) is 8.20. The van der Waals surface area contributed by atoms with Crippen LogP contribution in [0.5, 0.6) is 0 Å². The molecule has 2 amide bonds. The van der Waals surface area contributed by atoms with Crippen molar-refractivity contribution in [3.8, 4) is 0 Å².